The van der Waals surface area contributed by atoms with Gasteiger partial charge in [-0.05, 0) is 42.9 Å². The molecule has 0 saturated heterocycles. The van der Waals surface area contributed by atoms with Crippen LogP contribution in [-0.4, -0.2) is 11.0 Å². The lowest BCUT2D eigenvalue weighted by molar-refractivity contribution is -0.196. The van der Waals surface area contributed by atoms with Crippen LogP contribution >= 0.6 is 15.9 Å². The number of hydrogen-bond acceptors (Lipinski definition) is 0. The first-order chi connectivity index (χ1) is 9.79. The third-order valence-corrected chi connectivity index (χ3v) is 5.12. The summed E-state index contributed by atoms with van der Waals surface area (Å²) in [6.45, 7) is 0. The summed E-state index contributed by atoms with van der Waals surface area (Å²) in [6, 6.07) is 3.47. The zero-order valence-corrected chi connectivity index (χ0v) is 12.9. The first-order valence-corrected chi connectivity index (χ1v) is 7.85. The van der Waals surface area contributed by atoms with Gasteiger partial charge in [-0.15, -0.1) is 0 Å². The number of benzene rings is 1. The third kappa shape index (κ3) is 4.18. The molecule has 0 nitrogen and oxygen atoms in total. The van der Waals surface area contributed by atoms with Gasteiger partial charge in [0.2, 0.25) is 0 Å². The Morgan fingerprint density at radius 3 is 2.38 bits per heavy atom. The Balaban J connectivity index is 2.10. The van der Waals surface area contributed by atoms with Crippen LogP contribution in [0.25, 0.3) is 0 Å². The Hall–Kier alpha value is -0.650. The fourth-order valence-electron chi connectivity index (χ4n) is 3.04. The molecular formula is C15H16BrF5. The van der Waals surface area contributed by atoms with Crippen molar-refractivity contribution in [3.63, 3.8) is 0 Å². The predicted octanol–water partition coefficient (Wildman–Crippen LogP) is 5.64. The van der Waals surface area contributed by atoms with E-state index in [1.165, 1.54) is 6.07 Å². The predicted molar refractivity (Wildman–Crippen MR) is 74.3 cm³/mol. The molecule has 118 valence electrons. The molecule has 6 heteroatoms. The zero-order chi connectivity index (χ0) is 15.6. The molecule has 0 aliphatic heterocycles. The van der Waals surface area contributed by atoms with Gasteiger partial charge >= 0.3 is 6.18 Å². The van der Waals surface area contributed by atoms with Crippen LogP contribution < -0.4 is 0 Å². The largest absolute Gasteiger partial charge is 0.392 e. The molecule has 1 aromatic carbocycles. The van der Waals surface area contributed by atoms with Gasteiger partial charge in [0, 0.05) is 4.83 Å². The van der Waals surface area contributed by atoms with Gasteiger partial charge in [-0.2, -0.15) is 13.2 Å². The van der Waals surface area contributed by atoms with Crippen molar-refractivity contribution in [3.05, 3.63) is 35.4 Å². The highest BCUT2D eigenvalue weighted by Gasteiger charge is 2.47. The van der Waals surface area contributed by atoms with Crippen LogP contribution in [0.2, 0.25) is 0 Å². The molecule has 2 rings (SSSR count). The molecule has 3 atom stereocenters. The van der Waals surface area contributed by atoms with E-state index in [1.54, 1.807) is 0 Å². The zero-order valence-electron chi connectivity index (χ0n) is 11.3. The number of halogens is 6. The maximum atomic E-state index is 13.2. The number of hydrogen-bond donors (Lipinski definition) is 0. The third-order valence-electron chi connectivity index (χ3n) is 4.12. The average Bonchev–Trinajstić information content (AvgIpc) is 2.42. The van der Waals surface area contributed by atoms with Gasteiger partial charge in [0.25, 0.3) is 0 Å². The summed E-state index contributed by atoms with van der Waals surface area (Å²) in [5.74, 6) is -3.76. The van der Waals surface area contributed by atoms with Crippen molar-refractivity contribution in [2.45, 2.75) is 43.1 Å². The van der Waals surface area contributed by atoms with E-state index in [9.17, 15) is 22.0 Å². The van der Waals surface area contributed by atoms with E-state index in [1.807, 2.05) is 0 Å². The standard InChI is InChI=1S/C15H16BrF5/c16-12(7-9-5-6-13(17)14(18)8-9)10-3-1-2-4-11(10)15(19,20)21/h5-6,8,10-12H,1-4,7H2. The van der Waals surface area contributed by atoms with E-state index in [-0.39, 0.29) is 12.8 Å². The molecule has 1 saturated carbocycles. The van der Waals surface area contributed by atoms with E-state index in [0.717, 1.165) is 18.6 Å². The second-order valence-electron chi connectivity index (χ2n) is 5.56. The molecule has 0 bridgehead atoms. The molecule has 0 heterocycles. The van der Waals surface area contributed by atoms with Crippen molar-refractivity contribution in [3.8, 4) is 0 Å². The molecule has 0 spiro atoms. The van der Waals surface area contributed by atoms with Gasteiger partial charge in [0.1, 0.15) is 0 Å². The van der Waals surface area contributed by atoms with E-state index in [2.05, 4.69) is 15.9 Å². The van der Waals surface area contributed by atoms with E-state index in [0.29, 0.717) is 18.4 Å². The number of rotatable bonds is 3. The van der Waals surface area contributed by atoms with Crippen molar-refractivity contribution >= 4 is 15.9 Å². The quantitative estimate of drug-likeness (QED) is 0.477. The lowest BCUT2D eigenvalue weighted by atomic mass is 9.76. The average molecular weight is 371 g/mol. The van der Waals surface area contributed by atoms with E-state index in [4.69, 9.17) is 0 Å². The normalized spacial score (nSPS) is 24.9. The van der Waals surface area contributed by atoms with Crippen LogP contribution in [0.3, 0.4) is 0 Å². The summed E-state index contributed by atoms with van der Waals surface area (Å²) in [7, 11) is 0. The monoisotopic (exact) mass is 370 g/mol. The highest BCUT2D eigenvalue weighted by Crippen LogP contribution is 2.45. The van der Waals surface area contributed by atoms with E-state index < -0.39 is 34.5 Å². The van der Waals surface area contributed by atoms with Crippen LogP contribution in [0, 0.1) is 23.5 Å². The molecule has 0 aromatic heterocycles. The number of alkyl halides is 4. The lowest BCUT2D eigenvalue weighted by Gasteiger charge is -2.36. The minimum absolute atomic E-state index is 0.147. The van der Waals surface area contributed by atoms with Gasteiger partial charge in [-0.3, -0.25) is 0 Å². The second-order valence-corrected chi connectivity index (χ2v) is 6.74. The van der Waals surface area contributed by atoms with Crippen molar-refractivity contribution in [1.82, 2.24) is 0 Å². The van der Waals surface area contributed by atoms with Crippen molar-refractivity contribution < 1.29 is 22.0 Å². The summed E-state index contributed by atoms with van der Waals surface area (Å²) in [4.78, 5) is -0.394. The molecular weight excluding hydrogens is 355 g/mol. The highest BCUT2D eigenvalue weighted by atomic mass is 79.9. The molecule has 1 aromatic rings. The minimum atomic E-state index is -4.20. The Kier molecular flexibility index (Phi) is 5.28. The summed E-state index contributed by atoms with van der Waals surface area (Å²) in [6.07, 6.45) is -1.93. The maximum Gasteiger partial charge on any atom is 0.392 e. The van der Waals surface area contributed by atoms with Gasteiger partial charge < -0.3 is 0 Å². The Morgan fingerprint density at radius 2 is 1.76 bits per heavy atom. The van der Waals surface area contributed by atoms with Crippen LogP contribution in [0.1, 0.15) is 31.2 Å². The van der Waals surface area contributed by atoms with Crippen LogP contribution in [0.4, 0.5) is 22.0 Å². The summed E-state index contributed by atoms with van der Waals surface area (Å²) in [5.41, 5.74) is 0.502. The second kappa shape index (κ2) is 6.63. The summed E-state index contributed by atoms with van der Waals surface area (Å²) in [5, 5.41) is 0. The molecule has 0 amide bonds. The van der Waals surface area contributed by atoms with Crippen LogP contribution in [0.5, 0.6) is 0 Å². The van der Waals surface area contributed by atoms with Crippen molar-refractivity contribution in [1.29, 1.82) is 0 Å². The smallest absolute Gasteiger partial charge is 0.204 e. The molecule has 1 aliphatic carbocycles. The maximum absolute atomic E-state index is 13.2. The minimum Gasteiger partial charge on any atom is -0.204 e. The summed E-state index contributed by atoms with van der Waals surface area (Å²) >= 11 is 3.34. The molecule has 0 N–H and O–H groups in total. The first kappa shape index (κ1) is 16.7. The Bertz CT molecular complexity index is 485. The Labute approximate surface area is 128 Å². The van der Waals surface area contributed by atoms with Gasteiger partial charge in [0.15, 0.2) is 11.6 Å². The van der Waals surface area contributed by atoms with Gasteiger partial charge in [-0.1, -0.05) is 34.8 Å². The van der Waals surface area contributed by atoms with Crippen molar-refractivity contribution in [2.75, 3.05) is 0 Å². The molecule has 1 aliphatic rings. The van der Waals surface area contributed by atoms with Crippen molar-refractivity contribution in [2.24, 2.45) is 11.8 Å². The van der Waals surface area contributed by atoms with Crippen LogP contribution in [-0.2, 0) is 6.42 Å². The topological polar surface area (TPSA) is 0 Å². The fourth-order valence-corrected chi connectivity index (χ4v) is 4.05. The molecule has 21 heavy (non-hydrogen) atoms. The Morgan fingerprint density at radius 1 is 1.10 bits per heavy atom. The lowest BCUT2D eigenvalue weighted by Crippen LogP contribution is -2.38. The van der Waals surface area contributed by atoms with Gasteiger partial charge in [0.05, 0.1) is 5.92 Å². The van der Waals surface area contributed by atoms with E-state index >= 15 is 0 Å². The molecule has 0 radical (unpaired) electrons. The molecule has 3 unspecified atom stereocenters. The van der Waals surface area contributed by atoms with Gasteiger partial charge in [-0.25, -0.2) is 8.78 Å². The molecule has 1 fully saturated rings. The SMILES string of the molecule is Fc1ccc(CC(Br)C2CCCCC2C(F)(F)F)cc1F. The highest BCUT2D eigenvalue weighted by molar-refractivity contribution is 9.09. The first-order valence-electron chi connectivity index (χ1n) is 6.93. The van der Waals surface area contributed by atoms with Crippen LogP contribution in [0.15, 0.2) is 18.2 Å². The fraction of sp³-hybridized carbons (Fsp3) is 0.600. The summed E-state index contributed by atoms with van der Waals surface area (Å²) < 4.78 is 65.3.